The van der Waals surface area contributed by atoms with Crippen molar-refractivity contribution in [2.75, 3.05) is 13.2 Å². The molecule has 0 aliphatic rings. The molecule has 0 aliphatic carbocycles. The zero-order chi connectivity index (χ0) is 15.2. The van der Waals surface area contributed by atoms with Gasteiger partial charge in [0.1, 0.15) is 0 Å². The normalized spacial score (nSPS) is 15.0. The number of hydrogen-bond donors (Lipinski definition) is 0. The molecule has 0 radical (unpaired) electrons. The standard InChI is InChI=1S/C16H35NO2/c1-12(2)17(16(7,8)9)10-15(19-14(5)6)11-18-13(3)4/h12-15H,10-11H2,1-9H3. The molecule has 19 heavy (non-hydrogen) atoms. The van der Waals surface area contributed by atoms with E-state index in [1.807, 2.05) is 0 Å². The van der Waals surface area contributed by atoms with Gasteiger partial charge in [-0.3, -0.25) is 4.90 Å². The summed E-state index contributed by atoms with van der Waals surface area (Å²) in [4.78, 5) is 2.48. The van der Waals surface area contributed by atoms with E-state index >= 15 is 0 Å². The van der Waals surface area contributed by atoms with Crippen LogP contribution in [0.15, 0.2) is 0 Å². The minimum Gasteiger partial charge on any atom is -0.376 e. The third-order valence-corrected chi connectivity index (χ3v) is 2.97. The van der Waals surface area contributed by atoms with Crippen molar-refractivity contribution in [2.24, 2.45) is 0 Å². The summed E-state index contributed by atoms with van der Waals surface area (Å²) in [5.74, 6) is 0. The minimum atomic E-state index is 0.129. The molecule has 0 fully saturated rings. The summed E-state index contributed by atoms with van der Waals surface area (Å²) in [5, 5.41) is 0. The highest BCUT2D eigenvalue weighted by Gasteiger charge is 2.27. The van der Waals surface area contributed by atoms with Gasteiger partial charge in [-0.1, -0.05) is 0 Å². The topological polar surface area (TPSA) is 21.7 Å². The van der Waals surface area contributed by atoms with Gasteiger partial charge in [0.25, 0.3) is 0 Å². The van der Waals surface area contributed by atoms with Gasteiger partial charge in [0.15, 0.2) is 0 Å². The van der Waals surface area contributed by atoms with Crippen LogP contribution in [0.25, 0.3) is 0 Å². The van der Waals surface area contributed by atoms with Crippen LogP contribution in [0.3, 0.4) is 0 Å². The van der Waals surface area contributed by atoms with Crippen molar-refractivity contribution in [1.29, 1.82) is 0 Å². The van der Waals surface area contributed by atoms with Crippen molar-refractivity contribution in [3.63, 3.8) is 0 Å². The lowest BCUT2D eigenvalue weighted by atomic mass is 10.0. The number of hydrogen-bond acceptors (Lipinski definition) is 3. The molecule has 1 unspecified atom stereocenters. The van der Waals surface area contributed by atoms with E-state index in [0.29, 0.717) is 12.6 Å². The Bertz CT molecular complexity index is 231. The van der Waals surface area contributed by atoms with Gasteiger partial charge in [0.2, 0.25) is 0 Å². The average Bonchev–Trinajstić information content (AvgIpc) is 2.18. The maximum Gasteiger partial charge on any atom is 0.0938 e. The smallest absolute Gasteiger partial charge is 0.0938 e. The van der Waals surface area contributed by atoms with Crippen molar-refractivity contribution in [1.82, 2.24) is 4.90 Å². The Morgan fingerprint density at radius 1 is 0.895 bits per heavy atom. The van der Waals surface area contributed by atoms with E-state index in [0.717, 1.165) is 6.54 Å². The first-order valence-electron chi connectivity index (χ1n) is 7.57. The van der Waals surface area contributed by atoms with Crippen molar-refractivity contribution >= 4 is 0 Å². The molecule has 0 N–H and O–H groups in total. The maximum atomic E-state index is 6.01. The predicted molar refractivity (Wildman–Crippen MR) is 82.7 cm³/mol. The van der Waals surface area contributed by atoms with Gasteiger partial charge in [-0.15, -0.1) is 0 Å². The van der Waals surface area contributed by atoms with Crippen LogP contribution in [-0.4, -0.2) is 47.9 Å². The molecular weight excluding hydrogens is 238 g/mol. The lowest BCUT2D eigenvalue weighted by molar-refractivity contribution is -0.0834. The van der Waals surface area contributed by atoms with Gasteiger partial charge >= 0.3 is 0 Å². The zero-order valence-electron chi connectivity index (χ0n) is 14.5. The largest absolute Gasteiger partial charge is 0.376 e. The molecule has 0 bridgehead atoms. The lowest BCUT2D eigenvalue weighted by Crippen LogP contribution is -2.51. The third kappa shape index (κ3) is 8.61. The van der Waals surface area contributed by atoms with Crippen molar-refractivity contribution < 1.29 is 9.47 Å². The first kappa shape index (κ1) is 18.9. The Hall–Kier alpha value is -0.120. The van der Waals surface area contributed by atoms with E-state index in [9.17, 15) is 0 Å². The Labute approximate surface area is 120 Å². The van der Waals surface area contributed by atoms with E-state index in [4.69, 9.17) is 9.47 Å². The van der Waals surface area contributed by atoms with E-state index in [2.05, 4.69) is 67.2 Å². The Morgan fingerprint density at radius 2 is 1.42 bits per heavy atom. The summed E-state index contributed by atoms with van der Waals surface area (Å²) in [6.45, 7) is 21.1. The maximum absolute atomic E-state index is 6.01. The Morgan fingerprint density at radius 3 is 1.74 bits per heavy atom. The number of rotatable bonds is 8. The summed E-state index contributed by atoms with van der Waals surface area (Å²) < 4.78 is 11.8. The van der Waals surface area contributed by atoms with Gasteiger partial charge in [-0.25, -0.2) is 0 Å². The highest BCUT2D eigenvalue weighted by atomic mass is 16.5. The fourth-order valence-electron chi connectivity index (χ4n) is 2.30. The van der Waals surface area contributed by atoms with Gasteiger partial charge < -0.3 is 9.47 Å². The van der Waals surface area contributed by atoms with Crippen LogP contribution in [0.4, 0.5) is 0 Å². The monoisotopic (exact) mass is 273 g/mol. The van der Waals surface area contributed by atoms with E-state index in [1.54, 1.807) is 0 Å². The van der Waals surface area contributed by atoms with Gasteiger partial charge in [0, 0.05) is 18.1 Å². The van der Waals surface area contributed by atoms with Crippen molar-refractivity contribution in [3.05, 3.63) is 0 Å². The fourth-order valence-corrected chi connectivity index (χ4v) is 2.30. The second kappa shape index (κ2) is 8.23. The Balaban J connectivity index is 4.65. The molecule has 3 heteroatoms. The highest BCUT2D eigenvalue weighted by molar-refractivity contribution is 4.82. The molecule has 1 atom stereocenters. The molecular formula is C16H35NO2. The second-order valence-corrected chi connectivity index (χ2v) is 7.11. The fraction of sp³-hybridized carbons (Fsp3) is 1.00. The van der Waals surface area contributed by atoms with Crippen LogP contribution >= 0.6 is 0 Å². The van der Waals surface area contributed by atoms with E-state index < -0.39 is 0 Å². The molecule has 3 nitrogen and oxygen atoms in total. The van der Waals surface area contributed by atoms with Gasteiger partial charge in [-0.2, -0.15) is 0 Å². The summed E-state index contributed by atoms with van der Waals surface area (Å²) in [6, 6.07) is 0.498. The van der Waals surface area contributed by atoms with Crippen molar-refractivity contribution in [2.45, 2.75) is 92.2 Å². The molecule has 0 rings (SSSR count). The van der Waals surface area contributed by atoms with Crippen LogP contribution in [0.1, 0.15) is 62.3 Å². The summed E-state index contributed by atoms with van der Waals surface area (Å²) in [7, 11) is 0. The van der Waals surface area contributed by atoms with Crippen LogP contribution in [0, 0.1) is 0 Å². The van der Waals surface area contributed by atoms with Crippen LogP contribution in [0.5, 0.6) is 0 Å². The molecule has 116 valence electrons. The quantitative estimate of drug-likeness (QED) is 0.673. The molecule has 0 spiro atoms. The first-order chi connectivity index (χ1) is 8.54. The number of ether oxygens (including phenoxy) is 2. The minimum absolute atomic E-state index is 0.129. The lowest BCUT2D eigenvalue weighted by Gasteiger charge is -2.41. The molecule has 0 aromatic rings. The summed E-state index contributed by atoms with van der Waals surface area (Å²) in [6.07, 6.45) is 0.610. The van der Waals surface area contributed by atoms with Crippen molar-refractivity contribution in [3.8, 4) is 0 Å². The Kier molecular flexibility index (Phi) is 8.18. The molecule has 0 saturated carbocycles. The van der Waals surface area contributed by atoms with E-state index in [-0.39, 0.29) is 23.9 Å². The second-order valence-electron chi connectivity index (χ2n) is 7.11. The average molecular weight is 273 g/mol. The highest BCUT2D eigenvalue weighted by Crippen LogP contribution is 2.18. The molecule has 0 heterocycles. The van der Waals surface area contributed by atoms with Crippen LogP contribution < -0.4 is 0 Å². The third-order valence-electron chi connectivity index (χ3n) is 2.97. The first-order valence-corrected chi connectivity index (χ1v) is 7.57. The summed E-state index contributed by atoms with van der Waals surface area (Å²) >= 11 is 0. The van der Waals surface area contributed by atoms with Crippen LogP contribution in [0.2, 0.25) is 0 Å². The zero-order valence-corrected chi connectivity index (χ0v) is 14.5. The van der Waals surface area contributed by atoms with Gasteiger partial charge in [-0.05, 0) is 62.3 Å². The predicted octanol–water partition coefficient (Wildman–Crippen LogP) is 3.71. The molecule has 0 saturated heterocycles. The van der Waals surface area contributed by atoms with E-state index in [1.165, 1.54) is 0 Å². The van der Waals surface area contributed by atoms with Gasteiger partial charge in [0.05, 0.1) is 24.9 Å². The summed E-state index contributed by atoms with van der Waals surface area (Å²) in [5.41, 5.74) is 0.143. The molecule has 0 aromatic carbocycles. The molecule has 0 amide bonds. The molecule has 0 aromatic heterocycles. The molecule has 0 aliphatic heterocycles. The number of nitrogens with zero attached hydrogens (tertiary/aromatic N) is 1. The SMILES string of the molecule is CC(C)OCC(CN(C(C)C)C(C)(C)C)OC(C)C. The van der Waals surface area contributed by atoms with Crippen LogP contribution in [-0.2, 0) is 9.47 Å².